The van der Waals surface area contributed by atoms with E-state index >= 15 is 0 Å². The lowest BCUT2D eigenvalue weighted by molar-refractivity contribution is -0.120. The maximum atomic E-state index is 12.4. The number of rotatable bonds is 6. The molecule has 0 radical (unpaired) electrons. The average Bonchev–Trinajstić information content (AvgIpc) is 3.02. The SMILES string of the molecule is CC(=O)NC(CC(=O)Nc1cc(C(=O)O)c(C)cc1C)c1cccs1. The molecule has 2 amide bonds. The Bertz CT molecular complexity index is 800. The fraction of sp³-hybridized carbons (Fsp3) is 0.278. The summed E-state index contributed by atoms with van der Waals surface area (Å²) in [6.45, 7) is 4.92. The summed E-state index contributed by atoms with van der Waals surface area (Å²) in [5.74, 6) is -1.55. The largest absolute Gasteiger partial charge is 0.478 e. The van der Waals surface area contributed by atoms with Crippen LogP contribution in [0.4, 0.5) is 5.69 Å². The van der Waals surface area contributed by atoms with Gasteiger partial charge in [0.05, 0.1) is 18.0 Å². The first-order valence-electron chi connectivity index (χ1n) is 7.72. The lowest BCUT2D eigenvalue weighted by Crippen LogP contribution is -2.29. The monoisotopic (exact) mass is 360 g/mol. The molecule has 0 fully saturated rings. The molecule has 6 nitrogen and oxygen atoms in total. The van der Waals surface area contributed by atoms with Crippen LogP contribution in [-0.2, 0) is 9.59 Å². The van der Waals surface area contributed by atoms with Gasteiger partial charge >= 0.3 is 5.97 Å². The van der Waals surface area contributed by atoms with Crippen molar-refractivity contribution in [3.63, 3.8) is 0 Å². The van der Waals surface area contributed by atoms with Gasteiger partial charge in [0.25, 0.3) is 0 Å². The van der Waals surface area contributed by atoms with E-state index in [9.17, 15) is 19.5 Å². The number of hydrogen-bond acceptors (Lipinski definition) is 4. The Morgan fingerprint density at radius 1 is 1.20 bits per heavy atom. The van der Waals surface area contributed by atoms with E-state index in [1.165, 1.54) is 24.3 Å². The van der Waals surface area contributed by atoms with Crippen LogP contribution in [0.25, 0.3) is 0 Å². The topological polar surface area (TPSA) is 95.5 Å². The number of aromatic carboxylic acids is 1. The summed E-state index contributed by atoms with van der Waals surface area (Å²) in [5.41, 5.74) is 2.03. The second-order valence-corrected chi connectivity index (χ2v) is 6.79. The number of carbonyl (C=O) groups is 3. The maximum Gasteiger partial charge on any atom is 0.336 e. The predicted molar refractivity (Wildman–Crippen MR) is 97.0 cm³/mol. The highest BCUT2D eigenvalue weighted by molar-refractivity contribution is 7.10. The number of carboxylic acids is 1. The second-order valence-electron chi connectivity index (χ2n) is 5.81. The van der Waals surface area contributed by atoms with Crippen molar-refractivity contribution in [3.8, 4) is 0 Å². The summed E-state index contributed by atoms with van der Waals surface area (Å²) in [4.78, 5) is 36.0. The number of thiophene rings is 1. The summed E-state index contributed by atoms with van der Waals surface area (Å²) < 4.78 is 0. The van der Waals surface area contributed by atoms with Crippen LogP contribution < -0.4 is 10.6 Å². The van der Waals surface area contributed by atoms with E-state index in [-0.39, 0.29) is 23.8 Å². The minimum atomic E-state index is -1.04. The van der Waals surface area contributed by atoms with E-state index in [4.69, 9.17) is 0 Å². The zero-order valence-corrected chi connectivity index (χ0v) is 15.1. The summed E-state index contributed by atoms with van der Waals surface area (Å²) >= 11 is 1.46. The fourth-order valence-electron chi connectivity index (χ4n) is 2.56. The Balaban J connectivity index is 2.17. The van der Waals surface area contributed by atoms with Crippen LogP contribution in [0, 0.1) is 13.8 Å². The molecule has 0 saturated heterocycles. The summed E-state index contributed by atoms with van der Waals surface area (Å²) in [5, 5.41) is 16.6. The Kier molecular flexibility index (Phi) is 5.93. The van der Waals surface area contributed by atoms with Crippen molar-refractivity contribution in [2.45, 2.75) is 33.2 Å². The first-order chi connectivity index (χ1) is 11.8. The van der Waals surface area contributed by atoms with Gasteiger partial charge in [-0.15, -0.1) is 11.3 Å². The van der Waals surface area contributed by atoms with Gasteiger partial charge in [-0.3, -0.25) is 9.59 Å². The molecule has 1 unspecified atom stereocenters. The van der Waals surface area contributed by atoms with Crippen molar-refractivity contribution in [1.82, 2.24) is 5.32 Å². The van der Waals surface area contributed by atoms with Crippen molar-refractivity contribution in [1.29, 1.82) is 0 Å². The van der Waals surface area contributed by atoms with Crippen LogP contribution in [0.3, 0.4) is 0 Å². The lowest BCUT2D eigenvalue weighted by atomic mass is 10.0. The van der Waals surface area contributed by atoms with Gasteiger partial charge in [0.15, 0.2) is 0 Å². The van der Waals surface area contributed by atoms with Crippen LogP contribution in [0.2, 0.25) is 0 Å². The van der Waals surface area contributed by atoms with Crippen molar-refractivity contribution in [2.75, 3.05) is 5.32 Å². The fourth-order valence-corrected chi connectivity index (χ4v) is 3.34. The van der Waals surface area contributed by atoms with E-state index in [0.29, 0.717) is 11.3 Å². The Labute approximate surface area is 149 Å². The molecule has 0 saturated carbocycles. The molecular weight excluding hydrogens is 340 g/mol. The van der Waals surface area contributed by atoms with Gasteiger partial charge in [0.1, 0.15) is 0 Å². The summed E-state index contributed by atoms with van der Waals surface area (Å²) in [7, 11) is 0. The van der Waals surface area contributed by atoms with E-state index in [1.807, 2.05) is 17.5 Å². The molecule has 1 heterocycles. The third-order valence-electron chi connectivity index (χ3n) is 3.73. The molecule has 0 aliphatic heterocycles. The van der Waals surface area contributed by atoms with Crippen molar-refractivity contribution < 1.29 is 19.5 Å². The van der Waals surface area contributed by atoms with Crippen LogP contribution in [-0.4, -0.2) is 22.9 Å². The van der Waals surface area contributed by atoms with E-state index < -0.39 is 12.0 Å². The van der Waals surface area contributed by atoms with Gasteiger partial charge in [0, 0.05) is 17.5 Å². The molecule has 1 atom stereocenters. The van der Waals surface area contributed by atoms with Gasteiger partial charge in [-0.1, -0.05) is 12.1 Å². The number of aryl methyl sites for hydroxylation is 2. The zero-order chi connectivity index (χ0) is 18.6. The highest BCUT2D eigenvalue weighted by Crippen LogP contribution is 2.25. The lowest BCUT2D eigenvalue weighted by Gasteiger charge is -2.17. The number of carboxylic acid groups (broad SMARTS) is 1. The minimum absolute atomic E-state index is 0.0653. The van der Waals surface area contributed by atoms with Gasteiger partial charge in [-0.2, -0.15) is 0 Å². The Morgan fingerprint density at radius 3 is 2.48 bits per heavy atom. The van der Waals surface area contributed by atoms with Gasteiger partial charge < -0.3 is 15.7 Å². The quantitative estimate of drug-likeness (QED) is 0.737. The number of amides is 2. The molecule has 0 bridgehead atoms. The Hall–Kier alpha value is -2.67. The van der Waals surface area contributed by atoms with Crippen molar-refractivity contribution in [2.24, 2.45) is 0 Å². The highest BCUT2D eigenvalue weighted by atomic mass is 32.1. The third-order valence-corrected chi connectivity index (χ3v) is 4.72. The third kappa shape index (κ3) is 4.90. The van der Waals surface area contributed by atoms with Crippen LogP contribution in [0.5, 0.6) is 0 Å². The number of benzene rings is 1. The number of nitrogens with one attached hydrogen (secondary N) is 2. The predicted octanol–water partition coefficient (Wildman–Crippen LogP) is 3.27. The van der Waals surface area contributed by atoms with E-state index in [0.717, 1.165) is 10.4 Å². The maximum absolute atomic E-state index is 12.4. The van der Waals surface area contributed by atoms with Crippen LogP contribution in [0.15, 0.2) is 29.6 Å². The molecule has 3 N–H and O–H groups in total. The molecular formula is C18H20N2O4S. The van der Waals surface area contributed by atoms with E-state index in [1.54, 1.807) is 19.9 Å². The van der Waals surface area contributed by atoms with E-state index in [2.05, 4.69) is 10.6 Å². The minimum Gasteiger partial charge on any atom is -0.478 e. The highest BCUT2D eigenvalue weighted by Gasteiger charge is 2.19. The van der Waals surface area contributed by atoms with Gasteiger partial charge in [-0.05, 0) is 42.5 Å². The molecule has 2 rings (SSSR count). The van der Waals surface area contributed by atoms with Gasteiger partial charge in [0.2, 0.25) is 11.8 Å². The molecule has 2 aromatic rings. The smallest absolute Gasteiger partial charge is 0.336 e. The summed E-state index contributed by atoms with van der Waals surface area (Å²) in [6.07, 6.45) is 0.0653. The van der Waals surface area contributed by atoms with Crippen molar-refractivity contribution >= 4 is 34.8 Å². The molecule has 25 heavy (non-hydrogen) atoms. The molecule has 0 aliphatic rings. The van der Waals surface area contributed by atoms with Crippen molar-refractivity contribution in [3.05, 3.63) is 51.2 Å². The molecule has 7 heteroatoms. The second kappa shape index (κ2) is 7.94. The standard InChI is InChI=1S/C18H20N2O4S/c1-10-7-11(2)14(8-13(10)18(23)24)20-17(22)9-15(19-12(3)21)16-5-4-6-25-16/h4-8,15H,9H2,1-3H3,(H,19,21)(H,20,22)(H,23,24). The summed E-state index contributed by atoms with van der Waals surface area (Å²) in [6, 6.07) is 6.49. The molecule has 132 valence electrons. The van der Waals surface area contributed by atoms with Crippen LogP contribution in [0.1, 0.15) is 45.7 Å². The van der Waals surface area contributed by atoms with Gasteiger partial charge in [-0.25, -0.2) is 4.79 Å². The molecule has 0 aliphatic carbocycles. The first-order valence-corrected chi connectivity index (χ1v) is 8.60. The molecule has 0 spiro atoms. The zero-order valence-electron chi connectivity index (χ0n) is 14.3. The number of hydrogen-bond donors (Lipinski definition) is 3. The molecule has 1 aromatic heterocycles. The van der Waals surface area contributed by atoms with Crippen LogP contribution >= 0.6 is 11.3 Å². The Morgan fingerprint density at radius 2 is 1.92 bits per heavy atom. The average molecular weight is 360 g/mol. The first kappa shape index (κ1) is 18.7. The number of carbonyl (C=O) groups excluding carboxylic acids is 2. The molecule has 1 aromatic carbocycles. The normalized spacial score (nSPS) is 11.6. The number of anilines is 1.